The summed E-state index contributed by atoms with van der Waals surface area (Å²) in [6.45, 7) is 7.64. The summed E-state index contributed by atoms with van der Waals surface area (Å²) in [6, 6.07) is 17.1. The van der Waals surface area contributed by atoms with Crippen LogP contribution in [0.15, 0.2) is 48.5 Å². The molecule has 21 heavy (non-hydrogen) atoms. The monoisotopic (exact) mass is 301 g/mol. The van der Waals surface area contributed by atoms with E-state index in [2.05, 4.69) is 62.5 Å². The van der Waals surface area contributed by atoms with Gasteiger partial charge in [-0.25, -0.2) is 0 Å². The Morgan fingerprint density at radius 2 is 1.38 bits per heavy atom. The Hall–Kier alpha value is -1.31. The van der Waals surface area contributed by atoms with Gasteiger partial charge in [0.1, 0.15) is 0 Å². The Bertz CT molecular complexity index is 564. The number of hydrogen-bond donors (Lipinski definition) is 1. The maximum atomic E-state index is 5.99. The summed E-state index contributed by atoms with van der Waals surface area (Å²) in [5, 5.41) is 4.07. The van der Waals surface area contributed by atoms with Crippen LogP contribution in [0.25, 0.3) is 0 Å². The first kappa shape index (κ1) is 16.1. The van der Waals surface area contributed by atoms with Gasteiger partial charge in [-0.3, -0.25) is 0 Å². The van der Waals surface area contributed by atoms with Crippen molar-refractivity contribution in [3.8, 4) is 0 Å². The van der Waals surface area contributed by atoms with E-state index in [1.807, 2.05) is 19.2 Å². The highest BCUT2D eigenvalue weighted by molar-refractivity contribution is 6.30. The van der Waals surface area contributed by atoms with Gasteiger partial charge in [-0.15, -0.1) is 0 Å². The third-order valence-electron chi connectivity index (χ3n) is 3.86. The second-order valence-corrected chi connectivity index (χ2v) is 6.97. The molecule has 1 N–H and O–H groups in total. The van der Waals surface area contributed by atoms with Crippen LogP contribution in [0.3, 0.4) is 0 Å². The molecular formula is C19H24ClN. The van der Waals surface area contributed by atoms with Crippen LogP contribution in [0, 0.1) is 0 Å². The molecule has 2 heteroatoms. The highest BCUT2D eigenvalue weighted by atomic mass is 35.5. The fraction of sp³-hybridized carbons (Fsp3) is 0.368. The molecule has 0 amide bonds. The first-order valence-electron chi connectivity index (χ1n) is 7.42. The lowest BCUT2D eigenvalue weighted by atomic mass is 9.84. The molecule has 2 aromatic carbocycles. The molecule has 112 valence electrons. The maximum Gasteiger partial charge on any atom is 0.0406 e. The molecule has 2 rings (SSSR count). The zero-order valence-corrected chi connectivity index (χ0v) is 14.0. The first-order chi connectivity index (χ1) is 9.91. The number of benzene rings is 2. The van der Waals surface area contributed by atoms with Crippen molar-refractivity contribution in [3.63, 3.8) is 0 Å². The third-order valence-corrected chi connectivity index (χ3v) is 4.11. The number of hydrogen-bond acceptors (Lipinski definition) is 1. The van der Waals surface area contributed by atoms with Crippen LogP contribution >= 0.6 is 11.6 Å². The first-order valence-corrected chi connectivity index (χ1v) is 7.80. The molecule has 0 aliphatic heterocycles. The van der Waals surface area contributed by atoms with Crippen molar-refractivity contribution in [1.82, 2.24) is 5.32 Å². The van der Waals surface area contributed by atoms with Crippen molar-refractivity contribution < 1.29 is 0 Å². The fourth-order valence-electron chi connectivity index (χ4n) is 2.54. The highest BCUT2D eigenvalue weighted by Gasteiger charge is 2.16. The Balaban J connectivity index is 2.32. The summed E-state index contributed by atoms with van der Waals surface area (Å²) in [5.41, 5.74) is 4.18. The molecule has 1 atom stereocenters. The summed E-state index contributed by atoms with van der Waals surface area (Å²) in [4.78, 5) is 0. The number of likely N-dealkylation sites (N-methyl/N-ethyl adjacent to an activating group) is 1. The van der Waals surface area contributed by atoms with Gasteiger partial charge in [0.15, 0.2) is 0 Å². The number of nitrogens with one attached hydrogen (secondary N) is 1. The lowest BCUT2D eigenvalue weighted by Gasteiger charge is -2.22. The summed E-state index contributed by atoms with van der Waals surface area (Å²) in [5.74, 6) is 0.348. The van der Waals surface area contributed by atoms with E-state index in [0.29, 0.717) is 5.92 Å². The average Bonchev–Trinajstić information content (AvgIpc) is 2.45. The second-order valence-electron chi connectivity index (χ2n) is 6.53. The smallest absolute Gasteiger partial charge is 0.0406 e. The molecule has 1 nitrogen and oxygen atoms in total. The highest BCUT2D eigenvalue weighted by Crippen LogP contribution is 2.28. The third kappa shape index (κ3) is 4.09. The molecule has 0 saturated heterocycles. The minimum Gasteiger partial charge on any atom is -0.319 e. The minimum absolute atomic E-state index is 0.192. The van der Waals surface area contributed by atoms with Gasteiger partial charge in [0.05, 0.1) is 0 Å². The maximum absolute atomic E-state index is 5.99. The van der Waals surface area contributed by atoms with Crippen LogP contribution in [0.4, 0.5) is 0 Å². The van der Waals surface area contributed by atoms with E-state index in [-0.39, 0.29) is 5.41 Å². The average molecular weight is 302 g/mol. The minimum atomic E-state index is 0.192. The predicted molar refractivity (Wildman–Crippen MR) is 92.4 cm³/mol. The Labute approximate surface area is 133 Å². The van der Waals surface area contributed by atoms with E-state index < -0.39 is 0 Å². The molecule has 0 radical (unpaired) electrons. The molecule has 0 aliphatic rings. The topological polar surface area (TPSA) is 12.0 Å². The number of rotatable bonds is 4. The zero-order chi connectivity index (χ0) is 15.5. The quantitative estimate of drug-likeness (QED) is 0.839. The standard InChI is InChI=1S/C19H24ClN/c1-19(2,3)16-9-5-14(6-10-16)18(13-21-4)15-7-11-17(20)12-8-15/h5-12,18,21H,13H2,1-4H3. The van der Waals surface area contributed by atoms with Crippen molar-refractivity contribution in [2.75, 3.05) is 13.6 Å². The summed E-state index contributed by atoms with van der Waals surface area (Å²) >= 11 is 5.99. The molecule has 0 spiro atoms. The van der Waals surface area contributed by atoms with Gasteiger partial charge in [0.25, 0.3) is 0 Å². The lowest BCUT2D eigenvalue weighted by Crippen LogP contribution is -2.18. The van der Waals surface area contributed by atoms with Gasteiger partial charge in [0, 0.05) is 17.5 Å². The molecule has 0 heterocycles. The van der Waals surface area contributed by atoms with Crippen LogP contribution in [-0.2, 0) is 5.41 Å². The van der Waals surface area contributed by atoms with Crippen molar-refractivity contribution in [2.24, 2.45) is 0 Å². The molecule has 0 bridgehead atoms. The van der Waals surface area contributed by atoms with Crippen LogP contribution in [0.1, 0.15) is 43.4 Å². The van der Waals surface area contributed by atoms with Gasteiger partial charge in [-0.2, -0.15) is 0 Å². The van der Waals surface area contributed by atoms with Gasteiger partial charge < -0.3 is 5.32 Å². The Morgan fingerprint density at radius 3 is 1.81 bits per heavy atom. The fourth-order valence-corrected chi connectivity index (χ4v) is 2.67. The zero-order valence-electron chi connectivity index (χ0n) is 13.3. The summed E-state index contributed by atoms with van der Waals surface area (Å²) < 4.78 is 0. The second kappa shape index (κ2) is 6.64. The van der Waals surface area contributed by atoms with Gasteiger partial charge in [-0.05, 0) is 41.3 Å². The summed E-state index contributed by atoms with van der Waals surface area (Å²) in [6.07, 6.45) is 0. The molecule has 2 aromatic rings. The number of halogens is 1. The Morgan fingerprint density at radius 1 is 0.905 bits per heavy atom. The normalized spacial score (nSPS) is 13.2. The molecule has 0 fully saturated rings. The van der Waals surface area contributed by atoms with E-state index in [1.54, 1.807) is 0 Å². The van der Waals surface area contributed by atoms with Crippen molar-refractivity contribution in [1.29, 1.82) is 0 Å². The van der Waals surface area contributed by atoms with E-state index in [9.17, 15) is 0 Å². The predicted octanol–water partition coefficient (Wildman–Crippen LogP) is 4.99. The van der Waals surface area contributed by atoms with E-state index in [0.717, 1.165) is 11.6 Å². The van der Waals surface area contributed by atoms with Crippen LogP contribution in [0.5, 0.6) is 0 Å². The molecule has 0 aromatic heterocycles. The van der Waals surface area contributed by atoms with E-state index in [1.165, 1.54) is 16.7 Å². The van der Waals surface area contributed by atoms with Gasteiger partial charge in [0.2, 0.25) is 0 Å². The van der Waals surface area contributed by atoms with Crippen molar-refractivity contribution in [2.45, 2.75) is 32.1 Å². The lowest BCUT2D eigenvalue weighted by molar-refractivity contribution is 0.589. The molecular weight excluding hydrogens is 278 g/mol. The van der Waals surface area contributed by atoms with E-state index in [4.69, 9.17) is 11.6 Å². The van der Waals surface area contributed by atoms with Crippen LogP contribution in [-0.4, -0.2) is 13.6 Å². The molecule has 1 unspecified atom stereocenters. The molecule has 0 aliphatic carbocycles. The SMILES string of the molecule is CNCC(c1ccc(Cl)cc1)c1ccc(C(C)(C)C)cc1. The van der Waals surface area contributed by atoms with Gasteiger partial charge >= 0.3 is 0 Å². The largest absolute Gasteiger partial charge is 0.319 e. The van der Waals surface area contributed by atoms with E-state index >= 15 is 0 Å². The summed E-state index contributed by atoms with van der Waals surface area (Å²) in [7, 11) is 1.99. The van der Waals surface area contributed by atoms with Crippen molar-refractivity contribution >= 4 is 11.6 Å². The van der Waals surface area contributed by atoms with Gasteiger partial charge in [-0.1, -0.05) is 68.8 Å². The van der Waals surface area contributed by atoms with Crippen LogP contribution in [0.2, 0.25) is 5.02 Å². The Kier molecular flexibility index (Phi) is 5.08. The van der Waals surface area contributed by atoms with Crippen LogP contribution < -0.4 is 5.32 Å². The molecule has 0 saturated carbocycles. The van der Waals surface area contributed by atoms with Crippen molar-refractivity contribution in [3.05, 3.63) is 70.2 Å².